The molecule has 0 saturated carbocycles. The van der Waals surface area contributed by atoms with Crippen LogP contribution in [0, 0.1) is 0 Å². The third-order valence-corrected chi connectivity index (χ3v) is 8.48. The molecule has 0 atom stereocenters. The highest BCUT2D eigenvalue weighted by Crippen LogP contribution is 2.48. The highest BCUT2D eigenvalue weighted by atomic mass is 16.6. The van der Waals surface area contributed by atoms with Crippen LogP contribution in [0.2, 0.25) is 0 Å². The normalized spacial score (nSPS) is 10.8. The van der Waals surface area contributed by atoms with Crippen LogP contribution in [-0.2, 0) is 44.5 Å². The van der Waals surface area contributed by atoms with Crippen molar-refractivity contribution in [2.24, 2.45) is 0 Å². The molecule has 0 aromatic heterocycles. The van der Waals surface area contributed by atoms with Gasteiger partial charge in [-0.1, -0.05) is 74.8 Å². The molecule has 5 rings (SSSR count). The summed E-state index contributed by atoms with van der Waals surface area (Å²) in [4.78, 5) is 46.5. The molecule has 0 N–H and O–H groups in total. The Balaban J connectivity index is 1.55. The lowest BCUT2D eigenvalue weighted by Crippen LogP contribution is -2.13. The second kappa shape index (κ2) is 20.6. The van der Waals surface area contributed by atoms with Gasteiger partial charge < -0.3 is 37.9 Å². The van der Waals surface area contributed by atoms with Crippen molar-refractivity contribution in [2.45, 2.75) is 6.42 Å². The summed E-state index contributed by atoms with van der Waals surface area (Å²) in [5.41, 5.74) is 7.88. The van der Waals surface area contributed by atoms with E-state index in [1.165, 1.54) is 5.56 Å². The van der Waals surface area contributed by atoms with Gasteiger partial charge in [-0.25, -0.2) is 19.2 Å². The molecule has 4 aromatic carbocycles. The first-order valence-electron chi connectivity index (χ1n) is 18.0. The van der Waals surface area contributed by atoms with E-state index in [-0.39, 0.29) is 52.9 Å². The van der Waals surface area contributed by atoms with Crippen molar-refractivity contribution in [3.05, 3.63) is 135 Å². The molecule has 0 fully saturated rings. The van der Waals surface area contributed by atoms with Crippen molar-refractivity contribution in [1.82, 2.24) is 0 Å². The quantitative estimate of drug-likeness (QED) is 0.0309. The van der Waals surface area contributed by atoms with Gasteiger partial charge in [-0.05, 0) is 75.2 Å². The monoisotopic (exact) mass is 774 g/mol. The Labute approximate surface area is 330 Å². The second-order valence-electron chi connectivity index (χ2n) is 12.1. The zero-order valence-electron chi connectivity index (χ0n) is 31.3. The van der Waals surface area contributed by atoms with Gasteiger partial charge in [-0.15, -0.1) is 0 Å². The highest BCUT2D eigenvalue weighted by molar-refractivity contribution is 5.94. The number of fused-ring (bicyclic) bond motifs is 3. The summed E-state index contributed by atoms with van der Waals surface area (Å²) in [7, 11) is 0. The summed E-state index contributed by atoms with van der Waals surface area (Å²) >= 11 is 0. The Morgan fingerprint density at radius 3 is 1.37 bits per heavy atom. The Morgan fingerprint density at radius 2 is 0.877 bits per heavy atom. The van der Waals surface area contributed by atoms with Gasteiger partial charge in [-0.2, -0.15) is 0 Å². The van der Waals surface area contributed by atoms with E-state index in [4.69, 9.17) is 37.9 Å². The first-order chi connectivity index (χ1) is 27.8. The molecule has 1 aliphatic carbocycles. The maximum atomic E-state index is 11.7. The molecule has 0 radical (unpaired) electrons. The fourth-order valence-electron chi connectivity index (χ4n) is 6.00. The van der Waals surface area contributed by atoms with Crippen molar-refractivity contribution < 1.29 is 57.1 Å². The third-order valence-electron chi connectivity index (χ3n) is 8.48. The molecule has 294 valence electrons. The van der Waals surface area contributed by atoms with Crippen molar-refractivity contribution in [1.29, 1.82) is 0 Å². The fraction of sp³-hybridized carbons (Fsp3) is 0.200. The number of esters is 4. The van der Waals surface area contributed by atoms with Crippen LogP contribution >= 0.6 is 0 Å². The van der Waals surface area contributed by atoms with E-state index in [1.54, 1.807) is 12.1 Å². The lowest BCUT2D eigenvalue weighted by Gasteiger charge is -2.20. The molecule has 12 heteroatoms. The van der Waals surface area contributed by atoms with E-state index in [1.807, 2.05) is 42.5 Å². The summed E-state index contributed by atoms with van der Waals surface area (Å²) in [6.45, 7) is 13.7. The maximum absolute atomic E-state index is 11.7. The first-order valence-corrected chi connectivity index (χ1v) is 18.0. The molecule has 12 nitrogen and oxygen atoms in total. The largest absolute Gasteiger partial charge is 0.486 e. The lowest BCUT2D eigenvalue weighted by atomic mass is 9.87. The van der Waals surface area contributed by atoms with E-state index >= 15 is 0 Å². The molecule has 0 unspecified atom stereocenters. The molecule has 1 aliphatic rings. The highest BCUT2D eigenvalue weighted by Gasteiger charge is 2.26. The zero-order chi connectivity index (χ0) is 40.6. The molecule has 0 amide bonds. The van der Waals surface area contributed by atoms with Gasteiger partial charge >= 0.3 is 23.9 Å². The van der Waals surface area contributed by atoms with E-state index in [0.29, 0.717) is 29.4 Å². The lowest BCUT2D eigenvalue weighted by molar-refractivity contribution is -0.139. The average Bonchev–Trinajstić information content (AvgIpc) is 3.62. The minimum Gasteiger partial charge on any atom is -0.486 e. The van der Waals surface area contributed by atoms with Gasteiger partial charge in [0.05, 0.1) is 0 Å². The molecule has 4 aromatic rings. The van der Waals surface area contributed by atoms with Gasteiger partial charge in [0, 0.05) is 24.3 Å². The van der Waals surface area contributed by atoms with Crippen molar-refractivity contribution in [2.75, 3.05) is 52.9 Å². The van der Waals surface area contributed by atoms with Gasteiger partial charge in [0.2, 0.25) is 0 Å². The van der Waals surface area contributed by atoms with Crippen LogP contribution in [0.4, 0.5) is 0 Å². The van der Waals surface area contributed by atoms with Gasteiger partial charge in [0.1, 0.15) is 52.9 Å². The Kier molecular flexibility index (Phi) is 14.8. The number of carbonyl (C=O) groups excluding carboxylic acids is 4. The predicted molar refractivity (Wildman–Crippen MR) is 212 cm³/mol. The minimum absolute atomic E-state index is 0.0146. The van der Waals surface area contributed by atoms with Gasteiger partial charge in [0.25, 0.3) is 0 Å². The number of hydrogen-bond acceptors (Lipinski definition) is 12. The standard InChI is InChI=1S/C45H42O12/c1-5-41(46)54-23-19-50-37-17-13-31(28-39(37)52-21-25-56-43(48)7-3)34-15-16-35-33-12-10-9-11-30(33)27-36(35)45(34)32-14-18-38(51-20-24-55-42(47)6-2)40(29-32)53-22-26-57-44(49)8-4/h5-18,28-29H,1-4,19-27H2. The smallest absolute Gasteiger partial charge is 0.330 e. The van der Waals surface area contributed by atoms with Crippen LogP contribution in [0.1, 0.15) is 11.1 Å². The molecule has 0 saturated heterocycles. The SMILES string of the molecule is C=CC(=O)OCCOc1ccc(-c2ccc3c(c2-c2ccc(OCCOC(=O)C=C)c(OCCOC(=O)C=C)c2)Cc2ccccc2-3)cc1OCCOC(=O)C=C. The van der Waals surface area contributed by atoms with Gasteiger partial charge in [-0.3, -0.25) is 0 Å². The van der Waals surface area contributed by atoms with Crippen LogP contribution in [0.15, 0.2) is 123 Å². The van der Waals surface area contributed by atoms with E-state index in [9.17, 15) is 19.2 Å². The molecule has 0 spiro atoms. The fourth-order valence-corrected chi connectivity index (χ4v) is 6.00. The van der Waals surface area contributed by atoms with Crippen LogP contribution < -0.4 is 18.9 Å². The topological polar surface area (TPSA) is 142 Å². The Morgan fingerprint density at radius 1 is 0.456 bits per heavy atom. The number of benzene rings is 4. The Hall–Kier alpha value is -7.08. The van der Waals surface area contributed by atoms with E-state index in [2.05, 4.69) is 44.5 Å². The number of rotatable bonds is 22. The van der Waals surface area contributed by atoms with Crippen molar-refractivity contribution in [3.63, 3.8) is 0 Å². The first kappa shape index (κ1) is 41.1. The predicted octanol–water partition coefficient (Wildman–Crippen LogP) is 7.02. The summed E-state index contributed by atoms with van der Waals surface area (Å²) in [5.74, 6) is -0.795. The second-order valence-corrected chi connectivity index (χ2v) is 12.1. The van der Waals surface area contributed by atoms with E-state index in [0.717, 1.165) is 63.2 Å². The summed E-state index contributed by atoms with van der Waals surface area (Å²) in [5, 5.41) is 0. The Bertz CT molecular complexity index is 2150. The summed E-state index contributed by atoms with van der Waals surface area (Å²) < 4.78 is 44.5. The van der Waals surface area contributed by atoms with Crippen LogP contribution in [0.3, 0.4) is 0 Å². The molecule has 57 heavy (non-hydrogen) atoms. The van der Waals surface area contributed by atoms with Crippen LogP contribution in [-0.4, -0.2) is 76.7 Å². The number of ether oxygens (including phenoxy) is 8. The summed E-state index contributed by atoms with van der Waals surface area (Å²) in [6.07, 6.45) is 4.95. The minimum atomic E-state index is -0.578. The molecular weight excluding hydrogens is 732 g/mol. The summed E-state index contributed by atoms with van der Waals surface area (Å²) in [6, 6.07) is 23.4. The average molecular weight is 775 g/mol. The van der Waals surface area contributed by atoms with Crippen molar-refractivity contribution in [3.8, 4) is 56.4 Å². The molecule has 0 aliphatic heterocycles. The van der Waals surface area contributed by atoms with Crippen molar-refractivity contribution >= 4 is 23.9 Å². The van der Waals surface area contributed by atoms with Crippen LogP contribution in [0.5, 0.6) is 23.0 Å². The number of hydrogen-bond donors (Lipinski definition) is 0. The third kappa shape index (κ3) is 11.0. The van der Waals surface area contributed by atoms with E-state index < -0.39 is 23.9 Å². The molecule has 0 heterocycles. The maximum Gasteiger partial charge on any atom is 0.330 e. The van der Waals surface area contributed by atoms with Gasteiger partial charge in [0.15, 0.2) is 23.0 Å². The number of carbonyl (C=O) groups is 4. The molecular formula is C45H42O12. The molecule has 0 bridgehead atoms. The van der Waals surface area contributed by atoms with Crippen LogP contribution in [0.25, 0.3) is 33.4 Å². The zero-order valence-corrected chi connectivity index (χ0v) is 31.3.